The van der Waals surface area contributed by atoms with Crippen LogP contribution in [0.15, 0.2) is 65.8 Å². The molecule has 0 unspecified atom stereocenters. The van der Waals surface area contributed by atoms with Crippen molar-refractivity contribution in [3.63, 3.8) is 0 Å². The number of anilines is 1. The number of aryl methyl sites for hydroxylation is 1. The first kappa shape index (κ1) is 23.8. The molecule has 0 aliphatic rings. The number of nitrogens with zero attached hydrogens (tertiary/aromatic N) is 3. The molecular formula is C27H30N4O2S. The summed E-state index contributed by atoms with van der Waals surface area (Å²) in [7, 11) is 0. The number of rotatable bonds is 9. The molecule has 1 aromatic heterocycles. The van der Waals surface area contributed by atoms with Gasteiger partial charge in [0.25, 0.3) is 0 Å². The van der Waals surface area contributed by atoms with Crippen molar-refractivity contribution in [2.75, 3.05) is 11.1 Å². The lowest BCUT2D eigenvalue weighted by molar-refractivity contribution is -0.113. The predicted molar refractivity (Wildman–Crippen MR) is 139 cm³/mol. The van der Waals surface area contributed by atoms with Gasteiger partial charge in [-0.2, -0.15) is 0 Å². The van der Waals surface area contributed by atoms with Crippen LogP contribution in [-0.2, 0) is 17.9 Å². The molecule has 0 bridgehead atoms. The van der Waals surface area contributed by atoms with Crippen molar-refractivity contribution in [2.24, 2.45) is 0 Å². The van der Waals surface area contributed by atoms with Crippen molar-refractivity contribution in [1.29, 1.82) is 0 Å². The molecule has 3 aromatic carbocycles. The van der Waals surface area contributed by atoms with Crippen LogP contribution in [0.4, 0.5) is 5.69 Å². The molecule has 0 atom stereocenters. The van der Waals surface area contributed by atoms with Gasteiger partial charge in [-0.25, -0.2) is 0 Å². The summed E-state index contributed by atoms with van der Waals surface area (Å²) in [5.41, 5.74) is 3.09. The molecular weight excluding hydrogens is 444 g/mol. The summed E-state index contributed by atoms with van der Waals surface area (Å²) in [4.78, 5) is 12.6. The number of nitrogens with one attached hydrogen (secondary N) is 1. The third-order valence-corrected chi connectivity index (χ3v) is 6.77. The number of thioether (sulfide) groups is 1. The van der Waals surface area contributed by atoms with Gasteiger partial charge >= 0.3 is 0 Å². The molecule has 176 valence electrons. The van der Waals surface area contributed by atoms with Crippen LogP contribution < -0.4 is 10.1 Å². The number of ether oxygens (including phenoxy) is 1. The minimum absolute atomic E-state index is 0.0617. The van der Waals surface area contributed by atoms with Crippen molar-refractivity contribution in [3.05, 3.63) is 77.6 Å². The number of para-hydroxylation sites is 1. The van der Waals surface area contributed by atoms with Crippen molar-refractivity contribution in [2.45, 2.75) is 51.9 Å². The van der Waals surface area contributed by atoms with E-state index in [1.165, 1.54) is 22.5 Å². The Morgan fingerprint density at radius 1 is 1.06 bits per heavy atom. The second kappa shape index (κ2) is 10.7. The number of benzene rings is 3. The van der Waals surface area contributed by atoms with Crippen LogP contribution in [0.25, 0.3) is 10.8 Å². The zero-order chi connectivity index (χ0) is 24.1. The van der Waals surface area contributed by atoms with Gasteiger partial charge in [-0.05, 0) is 53.8 Å². The monoisotopic (exact) mass is 474 g/mol. The number of fused-ring (bicyclic) bond motifs is 1. The van der Waals surface area contributed by atoms with E-state index in [0.29, 0.717) is 24.2 Å². The van der Waals surface area contributed by atoms with Crippen LogP contribution in [0.1, 0.15) is 43.6 Å². The van der Waals surface area contributed by atoms with Gasteiger partial charge in [0.2, 0.25) is 5.91 Å². The van der Waals surface area contributed by atoms with Gasteiger partial charge in [-0.3, -0.25) is 4.79 Å². The SMILES string of the molecule is CCn1c(COc2ccc3ccccc3c2C)nnc1SCC(=O)Nc1ccccc1C(C)C. The molecule has 4 rings (SSSR count). The molecule has 0 radical (unpaired) electrons. The summed E-state index contributed by atoms with van der Waals surface area (Å²) < 4.78 is 8.11. The van der Waals surface area contributed by atoms with Gasteiger partial charge in [0.05, 0.1) is 5.75 Å². The van der Waals surface area contributed by atoms with Crippen LogP contribution in [0.5, 0.6) is 5.75 Å². The Hall–Kier alpha value is -3.32. The maximum Gasteiger partial charge on any atom is 0.234 e. The highest BCUT2D eigenvalue weighted by molar-refractivity contribution is 7.99. The molecule has 6 nitrogen and oxygen atoms in total. The number of amides is 1. The van der Waals surface area contributed by atoms with E-state index in [1.807, 2.05) is 54.0 Å². The third-order valence-electron chi connectivity index (χ3n) is 5.80. The summed E-state index contributed by atoms with van der Waals surface area (Å²) in [6.07, 6.45) is 0. The summed E-state index contributed by atoms with van der Waals surface area (Å²) in [5.74, 6) is 2.11. The molecule has 0 saturated carbocycles. The average Bonchev–Trinajstić information content (AvgIpc) is 3.24. The number of carbonyl (C=O) groups excluding carboxylic acids is 1. The standard InChI is InChI=1S/C27H30N4O2S/c1-5-31-25(16-33-24-15-14-20-10-6-7-12-22(20)19(24)4)29-30-27(31)34-17-26(32)28-23-13-9-8-11-21(23)18(2)3/h6-15,18H,5,16-17H2,1-4H3,(H,28,32). The van der Waals surface area contributed by atoms with Gasteiger partial charge in [0, 0.05) is 12.2 Å². The zero-order valence-electron chi connectivity index (χ0n) is 20.0. The average molecular weight is 475 g/mol. The Morgan fingerprint density at radius 2 is 1.82 bits per heavy atom. The fourth-order valence-corrected chi connectivity index (χ4v) is 4.81. The molecule has 0 saturated heterocycles. The van der Waals surface area contributed by atoms with E-state index in [-0.39, 0.29) is 11.7 Å². The Kier molecular flexibility index (Phi) is 7.53. The Morgan fingerprint density at radius 3 is 2.62 bits per heavy atom. The molecule has 34 heavy (non-hydrogen) atoms. The van der Waals surface area contributed by atoms with E-state index >= 15 is 0 Å². The molecule has 1 N–H and O–H groups in total. The van der Waals surface area contributed by atoms with E-state index < -0.39 is 0 Å². The second-order valence-electron chi connectivity index (χ2n) is 8.42. The topological polar surface area (TPSA) is 69.0 Å². The van der Waals surface area contributed by atoms with Gasteiger partial charge in [-0.1, -0.05) is 74.1 Å². The highest BCUT2D eigenvalue weighted by atomic mass is 32.2. The van der Waals surface area contributed by atoms with E-state index in [0.717, 1.165) is 28.4 Å². The lowest BCUT2D eigenvalue weighted by Crippen LogP contribution is -2.16. The zero-order valence-corrected chi connectivity index (χ0v) is 20.9. The highest BCUT2D eigenvalue weighted by Crippen LogP contribution is 2.28. The minimum atomic E-state index is -0.0617. The normalized spacial score (nSPS) is 11.2. The summed E-state index contributed by atoms with van der Waals surface area (Å²) in [5, 5.41) is 14.8. The fraction of sp³-hybridized carbons (Fsp3) is 0.296. The molecule has 4 aromatic rings. The van der Waals surface area contributed by atoms with E-state index in [2.05, 4.69) is 54.5 Å². The van der Waals surface area contributed by atoms with Gasteiger partial charge in [0.15, 0.2) is 11.0 Å². The lowest BCUT2D eigenvalue weighted by atomic mass is 10.0. The Labute approximate surface area is 204 Å². The molecule has 0 spiro atoms. The van der Waals surface area contributed by atoms with Crippen molar-refractivity contribution in [3.8, 4) is 5.75 Å². The number of hydrogen-bond acceptors (Lipinski definition) is 5. The van der Waals surface area contributed by atoms with E-state index in [4.69, 9.17) is 4.74 Å². The summed E-state index contributed by atoms with van der Waals surface area (Å²) >= 11 is 1.38. The molecule has 0 aliphatic carbocycles. The number of carbonyl (C=O) groups is 1. The fourth-order valence-electron chi connectivity index (χ4n) is 3.99. The Balaban J connectivity index is 1.40. The minimum Gasteiger partial charge on any atom is -0.485 e. The van der Waals surface area contributed by atoms with Gasteiger partial charge in [-0.15, -0.1) is 10.2 Å². The summed E-state index contributed by atoms with van der Waals surface area (Å²) in [6.45, 7) is 9.35. The van der Waals surface area contributed by atoms with Crippen LogP contribution in [0.3, 0.4) is 0 Å². The smallest absolute Gasteiger partial charge is 0.234 e. The summed E-state index contributed by atoms with van der Waals surface area (Å²) in [6, 6.07) is 20.3. The molecule has 7 heteroatoms. The third kappa shape index (κ3) is 5.25. The first-order valence-electron chi connectivity index (χ1n) is 11.5. The Bertz CT molecular complexity index is 1300. The maximum absolute atomic E-state index is 12.6. The number of hydrogen-bond donors (Lipinski definition) is 1. The molecule has 1 heterocycles. The quantitative estimate of drug-likeness (QED) is 0.293. The van der Waals surface area contributed by atoms with Crippen molar-refractivity contribution < 1.29 is 9.53 Å². The lowest BCUT2D eigenvalue weighted by Gasteiger charge is -2.14. The van der Waals surface area contributed by atoms with Gasteiger partial charge < -0.3 is 14.6 Å². The molecule has 0 aliphatic heterocycles. The molecule has 1 amide bonds. The highest BCUT2D eigenvalue weighted by Gasteiger charge is 2.15. The largest absolute Gasteiger partial charge is 0.485 e. The predicted octanol–water partition coefficient (Wildman–Crippen LogP) is 6.19. The van der Waals surface area contributed by atoms with Crippen LogP contribution in [-0.4, -0.2) is 26.4 Å². The maximum atomic E-state index is 12.6. The first-order valence-corrected chi connectivity index (χ1v) is 12.5. The molecule has 0 fully saturated rings. The number of aromatic nitrogens is 3. The van der Waals surface area contributed by atoms with E-state index in [1.54, 1.807) is 0 Å². The van der Waals surface area contributed by atoms with Crippen molar-refractivity contribution >= 4 is 34.1 Å². The van der Waals surface area contributed by atoms with Crippen LogP contribution in [0.2, 0.25) is 0 Å². The second-order valence-corrected chi connectivity index (χ2v) is 9.36. The first-order chi connectivity index (χ1) is 16.5. The van der Waals surface area contributed by atoms with Gasteiger partial charge in [0.1, 0.15) is 12.4 Å². The van der Waals surface area contributed by atoms with E-state index in [9.17, 15) is 4.79 Å². The van der Waals surface area contributed by atoms with Crippen molar-refractivity contribution in [1.82, 2.24) is 14.8 Å². The van der Waals surface area contributed by atoms with Crippen LogP contribution >= 0.6 is 11.8 Å². The van der Waals surface area contributed by atoms with Crippen LogP contribution in [0, 0.1) is 6.92 Å².